The molecule has 2 amide bonds. The molecule has 150 valence electrons. The van der Waals surface area contributed by atoms with Gasteiger partial charge in [-0.2, -0.15) is 10.1 Å². The number of rotatable bonds is 5. The smallest absolute Gasteiger partial charge is 0.311 e. The fourth-order valence-electron chi connectivity index (χ4n) is 5.45. The number of nitrogens with zero attached hydrogens (tertiary/aromatic N) is 3. The number of nitro benzene ring substituents is 1. The zero-order valence-corrected chi connectivity index (χ0v) is 15.9. The Morgan fingerprint density at radius 3 is 2.17 bits per heavy atom. The number of hydrogen-bond acceptors (Lipinski definition) is 7. The summed E-state index contributed by atoms with van der Waals surface area (Å²) in [6, 6.07) is 2.63. The van der Waals surface area contributed by atoms with Crippen molar-refractivity contribution in [2.75, 3.05) is 14.2 Å². The SMILES string of the molecule is COc1cc(OC)c([N+](=O)[O-])cc1/C=N\N1C(=O)[C@@H]2[C@@H](C1=O)[C@H]1C=C[C@H]2C12CC2. The predicted molar refractivity (Wildman–Crippen MR) is 100 cm³/mol. The summed E-state index contributed by atoms with van der Waals surface area (Å²) >= 11 is 0. The minimum absolute atomic E-state index is 0.0456. The molecule has 9 nitrogen and oxygen atoms in total. The minimum Gasteiger partial charge on any atom is -0.496 e. The molecule has 3 fully saturated rings. The third kappa shape index (κ3) is 2.24. The number of hydrogen-bond donors (Lipinski definition) is 0. The van der Waals surface area contributed by atoms with Crippen molar-refractivity contribution < 1.29 is 24.0 Å². The summed E-state index contributed by atoms with van der Waals surface area (Å²) in [6.07, 6.45) is 7.57. The quantitative estimate of drug-likeness (QED) is 0.247. The number of hydrazone groups is 1. The molecular formula is C20H19N3O6. The maximum absolute atomic E-state index is 13.0. The second-order valence-corrected chi connectivity index (χ2v) is 7.98. The molecule has 0 N–H and O–H groups in total. The Labute approximate surface area is 166 Å². The average molecular weight is 397 g/mol. The largest absolute Gasteiger partial charge is 0.496 e. The van der Waals surface area contributed by atoms with Crippen molar-refractivity contribution in [2.24, 2.45) is 34.2 Å². The van der Waals surface area contributed by atoms with Crippen LogP contribution in [0.1, 0.15) is 18.4 Å². The van der Waals surface area contributed by atoms with Gasteiger partial charge in [0, 0.05) is 17.7 Å². The first-order chi connectivity index (χ1) is 13.9. The fraction of sp³-hybridized carbons (Fsp3) is 0.450. The highest BCUT2D eigenvalue weighted by Gasteiger charge is 2.73. The molecule has 0 radical (unpaired) electrons. The number of nitro groups is 1. The third-order valence-electron chi connectivity index (χ3n) is 6.87. The van der Waals surface area contributed by atoms with E-state index in [0.29, 0.717) is 0 Å². The Kier molecular flexibility index (Phi) is 3.62. The molecule has 1 aromatic rings. The van der Waals surface area contributed by atoms with E-state index < -0.39 is 4.92 Å². The van der Waals surface area contributed by atoms with Crippen molar-refractivity contribution >= 4 is 23.7 Å². The van der Waals surface area contributed by atoms with Gasteiger partial charge in [-0.15, -0.1) is 0 Å². The van der Waals surface area contributed by atoms with Crippen molar-refractivity contribution in [3.63, 3.8) is 0 Å². The first-order valence-corrected chi connectivity index (χ1v) is 9.43. The van der Waals surface area contributed by atoms with Crippen LogP contribution < -0.4 is 9.47 Å². The van der Waals surface area contributed by atoms with E-state index in [1.165, 1.54) is 32.6 Å². The topological polar surface area (TPSA) is 111 Å². The highest BCUT2D eigenvalue weighted by molar-refractivity contribution is 6.07. The van der Waals surface area contributed by atoms with Gasteiger partial charge in [-0.05, 0) is 30.1 Å². The molecule has 4 aliphatic rings. The first kappa shape index (κ1) is 17.8. The maximum atomic E-state index is 13.0. The Hall–Kier alpha value is -3.23. The Bertz CT molecular complexity index is 978. The van der Waals surface area contributed by atoms with Crippen molar-refractivity contribution in [2.45, 2.75) is 12.8 Å². The van der Waals surface area contributed by atoms with Crippen molar-refractivity contribution in [1.29, 1.82) is 0 Å². The van der Waals surface area contributed by atoms with E-state index in [1.54, 1.807) is 0 Å². The molecule has 9 heteroatoms. The van der Waals surface area contributed by atoms with Gasteiger partial charge in [0.1, 0.15) is 5.75 Å². The third-order valence-corrected chi connectivity index (χ3v) is 6.87. The maximum Gasteiger partial charge on any atom is 0.311 e. The fourth-order valence-corrected chi connectivity index (χ4v) is 5.45. The molecule has 3 aliphatic carbocycles. The summed E-state index contributed by atoms with van der Waals surface area (Å²) < 4.78 is 10.3. The monoisotopic (exact) mass is 397 g/mol. The van der Waals surface area contributed by atoms with E-state index in [9.17, 15) is 19.7 Å². The lowest BCUT2D eigenvalue weighted by Crippen LogP contribution is -2.30. The van der Waals surface area contributed by atoms with Crippen LogP contribution in [0, 0.1) is 39.2 Å². The molecule has 1 spiro atoms. The molecule has 1 aliphatic heterocycles. The summed E-state index contributed by atoms with van der Waals surface area (Å²) in [7, 11) is 2.73. The van der Waals surface area contributed by atoms with Crippen LogP contribution in [0.5, 0.6) is 11.5 Å². The Morgan fingerprint density at radius 2 is 1.69 bits per heavy atom. The van der Waals surface area contributed by atoms with E-state index >= 15 is 0 Å². The minimum atomic E-state index is -0.579. The lowest BCUT2D eigenvalue weighted by molar-refractivity contribution is -0.385. The van der Waals surface area contributed by atoms with Crippen LogP contribution >= 0.6 is 0 Å². The molecular weight excluding hydrogens is 378 g/mol. The number of imide groups is 1. The van der Waals surface area contributed by atoms with E-state index in [1.807, 2.05) is 0 Å². The predicted octanol–water partition coefficient (Wildman–Crippen LogP) is 2.14. The molecule has 0 unspecified atom stereocenters. The van der Waals surface area contributed by atoms with Crippen molar-refractivity contribution in [3.8, 4) is 11.5 Å². The van der Waals surface area contributed by atoms with Gasteiger partial charge in [0.25, 0.3) is 11.8 Å². The highest BCUT2D eigenvalue weighted by Crippen LogP contribution is 2.73. The Balaban J connectivity index is 1.46. The summed E-state index contributed by atoms with van der Waals surface area (Å²) in [5, 5.41) is 16.3. The normalized spacial score (nSPS) is 30.5. The number of benzene rings is 1. The number of fused-ring (bicyclic) bond motifs is 3. The van der Waals surface area contributed by atoms with E-state index in [-0.39, 0.29) is 63.7 Å². The average Bonchev–Trinajstić information content (AvgIpc) is 3.32. The highest BCUT2D eigenvalue weighted by atomic mass is 16.6. The molecule has 1 heterocycles. The summed E-state index contributed by atoms with van der Waals surface area (Å²) in [5.74, 6) is -0.703. The molecule has 29 heavy (non-hydrogen) atoms. The van der Waals surface area contributed by atoms with E-state index in [2.05, 4.69) is 17.3 Å². The first-order valence-electron chi connectivity index (χ1n) is 9.43. The van der Waals surface area contributed by atoms with Crippen LogP contribution in [0.2, 0.25) is 0 Å². The molecule has 2 saturated carbocycles. The van der Waals surface area contributed by atoms with Crippen LogP contribution in [0.3, 0.4) is 0 Å². The van der Waals surface area contributed by atoms with Crippen LogP contribution in [0.25, 0.3) is 0 Å². The van der Waals surface area contributed by atoms with Gasteiger partial charge >= 0.3 is 5.69 Å². The van der Waals surface area contributed by atoms with E-state index in [0.717, 1.165) is 17.9 Å². The number of methoxy groups -OCH3 is 2. The molecule has 5 rings (SSSR count). The second-order valence-electron chi connectivity index (χ2n) is 7.98. The molecule has 0 aromatic heterocycles. The number of amides is 2. The standard InChI is InChI=1S/C20H19N3O6/c1-28-14-8-15(29-2)13(23(26)27)7-10(14)9-21-22-18(24)16-11-3-4-12(17(16)19(22)25)20(11)5-6-20/h3-4,7-9,11-12,16-17H,5-6H2,1-2H3/b21-9-/t11-,12-,16+,17+/m1/s1. The molecule has 4 atom stereocenters. The van der Waals surface area contributed by atoms with Gasteiger partial charge in [-0.3, -0.25) is 19.7 Å². The summed E-state index contributed by atoms with van der Waals surface area (Å²) in [4.78, 5) is 36.6. The Morgan fingerprint density at radius 1 is 1.10 bits per heavy atom. The lowest BCUT2D eigenvalue weighted by Gasteiger charge is -2.18. The number of allylic oxidation sites excluding steroid dienone is 2. The van der Waals surface area contributed by atoms with Gasteiger partial charge in [-0.1, -0.05) is 12.2 Å². The van der Waals surface area contributed by atoms with Crippen LogP contribution in [-0.2, 0) is 9.59 Å². The van der Waals surface area contributed by atoms with Crippen molar-refractivity contribution in [3.05, 3.63) is 40.0 Å². The van der Waals surface area contributed by atoms with Crippen molar-refractivity contribution in [1.82, 2.24) is 5.01 Å². The second kappa shape index (κ2) is 5.88. The number of carbonyl (C=O) groups is 2. The molecule has 1 saturated heterocycles. The van der Waals surface area contributed by atoms with Gasteiger partial charge < -0.3 is 9.47 Å². The lowest BCUT2D eigenvalue weighted by atomic mass is 9.85. The van der Waals surface area contributed by atoms with E-state index in [4.69, 9.17) is 9.47 Å². The van der Waals surface area contributed by atoms with Gasteiger partial charge in [0.2, 0.25) is 5.75 Å². The summed E-state index contributed by atoms with van der Waals surface area (Å²) in [5.41, 5.74) is 0.136. The number of ether oxygens (including phenoxy) is 2. The van der Waals surface area contributed by atoms with Gasteiger partial charge in [0.05, 0.1) is 37.2 Å². The molecule has 2 bridgehead atoms. The zero-order valence-electron chi connectivity index (χ0n) is 15.9. The van der Waals surface area contributed by atoms with Crippen LogP contribution in [0.15, 0.2) is 29.4 Å². The number of carbonyl (C=O) groups excluding carboxylic acids is 2. The van der Waals surface area contributed by atoms with Crippen LogP contribution in [0.4, 0.5) is 5.69 Å². The zero-order chi connectivity index (χ0) is 20.5. The summed E-state index contributed by atoms with van der Waals surface area (Å²) in [6.45, 7) is 0. The van der Waals surface area contributed by atoms with Crippen LogP contribution in [-0.4, -0.2) is 42.2 Å². The molecule has 1 aromatic carbocycles. The van der Waals surface area contributed by atoms with Gasteiger partial charge in [0.15, 0.2) is 0 Å². The van der Waals surface area contributed by atoms with Gasteiger partial charge in [-0.25, -0.2) is 0 Å².